The highest BCUT2D eigenvalue weighted by Crippen LogP contribution is 2.27. The van der Waals surface area contributed by atoms with E-state index in [0.29, 0.717) is 17.5 Å². The first-order valence-electron chi connectivity index (χ1n) is 10.8. The summed E-state index contributed by atoms with van der Waals surface area (Å²) in [6.07, 6.45) is -2.19. The molecule has 2 N–H and O–H groups in total. The molecule has 35 heavy (non-hydrogen) atoms. The number of carbonyl (C=O) groups is 2. The Morgan fingerprint density at radius 3 is 2.34 bits per heavy atom. The number of carboxylic acid groups (broad SMARTS) is 1. The summed E-state index contributed by atoms with van der Waals surface area (Å²) in [6, 6.07) is 11.4. The molecule has 1 unspecified atom stereocenters. The van der Waals surface area contributed by atoms with E-state index >= 15 is 0 Å². The Morgan fingerprint density at radius 2 is 1.80 bits per heavy atom. The number of methoxy groups -OCH3 is 1. The van der Waals surface area contributed by atoms with Crippen molar-refractivity contribution in [3.63, 3.8) is 0 Å². The van der Waals surface area contributed by atoms with Crippen LogP contribution < -0.4 is 10.1 Å². The van der Waals surface area contributed by atoms with Crippen LogP contribution in [-0.2, 0) is 4.79 Å². The number of alkyl halides is 3. The number of pyridine rings is 1. The minimum Gasteiger partial charge on any atom is -0.497 e. The number of hydrogen-bond donors (Lipinski definition) is 2. The van der Waals surface area contributed by atoms with Crippen LogP contribution in [0.15, 0.2) is 42.6 Å². The van der Waals surface area contributed by atoms with Gasteiger partial charge >= 0.3 is 12.1 Å². The molecular weight excluding hydrogens is 467 g/mol. The highest BCUT2D eigenvalue weighted by atomic mass is 19.4. The van der Waals surface area contributed by atoms with Gasteiger partial charge < -0.3 is 20.1 Å². The van der Waals surface area contributed by atoms with Crippen LogP contribution in [0.2, 0.25) is 0 Å². The van der Waals surface area contributed by atoms with Gasteiger partial charge in [-0.15, -0.1) is 10.2 Å². The number of anilines is 1. The van der Waals surface area contributed by atoms with Gasteiger partial charge in [-0.1, -0.05) is 0 Å². The number of carbonyl (C=O) groups excluding carboxylic acids is 1. The smallest absolute Gasteiger partial charge is 0.490 e. The number of halogens is 3. The average Bonchev–Trinajstić information content (AvgIpc) is 3.46. The van der Waals surface area contributed by atoms with Gasteiger partial charge in [0.05, 0.1) is 12.7 Å². The monoisotopic (exact) mass is 493 g/mol. The zero-order valence-electron chi connectivity index (χ0n) is 19.4. The molecule has 0 bridgehead atoms. The molecule has 0 aliphatic carbocycles. The van der Waals surface area contributed by atoms with E-state index in [1.54, 1.807) is 13.2 Å². The average molecular weight is 493 g/mol. The van der Waals surface area contributed by atoms with Crippen molar-refractivity contribution in [3.05, 3.63) is 54.0 Å². The van der Waals surface area contributed by atoms with Crippen molar-refractivity contribution < 1.29 is 32.6 Å². The van der Waals surface area contributed by atoms with Gasteiger partial charge in [-0.25, -0.2) is 4.79 Å². The Balaban J connectivity index is 0.000000429. The number of aromatic nitrogens is 3. The SMILES string of the molecule is COc1ccc(NC(=O)c2ccc3nnc(C4CCN(C(C)C)C4)n3c2)cc1.O=C(O)C(F)(F)F. The lowest BCUT2D eigenvalue weighted by Gasteiger charge is -2.19. The normalized spacial score (nSPS) is 16.1. The number of aliphatic carboxylic acids is 1. The van der Waals surface area contributed by atoms with Crippen LogP contribution in [0.25, 0.3) is 5.65 Å². The summed E-state index contributed by atoms with van der Waals surface area (Å²) >= 11 is 0. The Morgan fingerprint density at radius 1 is 1.14 bits per heavy atom. The fourth-order valence-corrected chi connectivity index (χ4v) is 3.67. The molecule has 188 valence electrons. The van der Waals surface area contributed by atoms with E-state index in [1.165, 1.54) is 0 Å². The van der Waals surface area contributed by atoms with Gasteiger partial charge in [-0.2, -0.15) is 13.2 Å². The Hall–Kier alpha value is -3.67. The molecule has 1 aromatic carbocycles. The van der Waals surface area contributed by atoms with Crippen LogP contribution in [0.1, 0.15) is 42.4 Å². The molecule has 3 aromatic rings. The standard InChI is InChI=1S/C21H25N5O2.C2HF3O2/c1-14(2)25-11-10-15(12-25)20-24-23-19-9-4-16(13-26(19)20)21(27)22-17-5-7-18(28-3)8-6-17;3-2(4,5)1(6)7/h4-9,13-15H,10-12H2,1-3H3,(H,22,27);(H,6,7). The molecule has 1 fully saturated rings. The second kappa shape index (κ2) is 10.7. The number of nitrogens with zero attached hydrogens (tertiary/aromatic N) is 4. The van der Waals surface area contributed by atoms with Crippen molar-refractivity contribution in [2.45, 2.75) is 38.4 Å². The molecule has 0 spiro atoms. The van der Waals surface area contributed by atoms with Crippen LogP contribution in [0.5, 0.6) is 5.75 Å². The lowest BCUT2D eigenvalue weighted by atomic mass is 10.1. The van der Waals surface area contributed by atoms with Crippen LogP contribution >= 0.6 is 0 Å². The van der Waals surface area contributed by atoms with Crippen molar-refractivity contribution in [1.82, 2.24) is 19.5 Å². The van der Waals surface area contributed by atoms with Crippen molar-refractivity contribution in [3.8, 4) is 5.75 Å². The molecule has 1 amide bonds. The molecule has 1 aliphatic heterocycles. The third-order valence-corrected chi connectivity index (χ3v) is 5.60. The molecule has 2 aromatic heterocycles. The number of carboxylic acids is 1. The quantitative estimate of drug-likeness (QED) is 0.556. The summed E-state index contributed by atoms with van der Waals surface area (Å²) in [4.78, 5) is 24.0. The van der Waals surface area contributed by atoms with E-state index in [0.717, 1.165) is 42.4 Å². The summed E-state index contributed by atoms with van der Waals surface area (Å²) in [5, 5.41) is 18.7. The van der Waals surface area contributed by atoms with E-state index in [-0.39, 0.29) is 5.91 Å². The highest BCUT2D eigenvalue weighted by molar-refractivity contribution is 6.04. The molecule has 0 saturated carbocycles. The minimum atomic E-state index is -5.08. The first-order chi connectivity index (χ1) is 16.5. The van der Waals surface area contributed by atoms with Gasteiger partial charge in [-0.05, 0) is 63.2 Å². The number of nitrogens with one attached hydrogen (secondary N) is 1. The van der Waals surface area contributed by atoms with E-state index < -0.39 is 12.1 Å². The van der Waals surface area contributed by atoms with Gasteiger partial charge in [0, 0.05) is 30.4 Å². The molecule has 1 aliphatic rings. The number of hydrogen-bond acceptors (Lipinski definition) is 6. The van der Waals surface area contributed by atoms with Crippen molar-refractivity contribution in [2.24, 2.45) is 0 Å². The van der Waals surface area contributed by atoms with Gasteiger partial charge in [-0.3, -0.25) is 9.20 Å². The molecule has 1 atom stereocenters. The van der Waals surface area contributed by atoms with Gasteiger partial charge in [0.2, 0.25) is 0 Å². The van der Waals surface area contributed by atoms with E-state index in [4.69, 9.17) is 14.6 Å². The first kappa shape index (κ1) is 25.9. The third-order valence-electron chi connectivity index (χ3n) is 5.60. The second-order valence-corrected chi connectivity index (χ2v) is 8.26. The minimum absolute atomic E-state index is 0.165. The fraction of sp³-hybridized carbons (Fsp3) is 0.391. The first-order valence-corrected chi connectivity index (χ1v) is 10.8. The maximum Gasteiger partial charge on any atom is 0.490 e. The van der Waals surface area contributed by atoms with Gasteiger partial charge in [0.25, 0.3) is 5.91 Å². The molecular formula is C23H26F3N5O4. The number of amides is 1. The summed E-state index contributed by atoms with van der Waals surface area (Å²) in [5.74, 6) is -0.912. The van der Waals surface area contributed by atoms with E-state index in [2.05, 4.69) is 34.3 Å². The predicted octanol–water partition coefficient (Wildman–Crippen LogP) is 3.82. The van der Waals surface area contributed by atoms with Crippen molar-refractivity contribution in [1.29, 1.82) is 0 Å². The van der Waals surface area contributed by atoms with Crippen LogP contribution in [0.4, 0.5) is 18.9 Å². The molecule has 9 nitrogen and oxygen atoms in total. The number of ether oxygens (including phenoxy) is 1. The van der Waals surface area contributed by atoms with E-state index in [1.807, 2.05) is 40.9 Å². The fourth-order valence-electron chi connectivity index (χ4n) is 3.67. The van der Waals surface area contributed by atoms with Gasteiger partial charge in [0.1, 0.15) is 11.6 Å². The summed E-state index contributed by atoms with van der Waals surface area (Å²) < 4.78 is 38.8. The number of benzene rings is 1. The van der Waals surface area contributed by atoms with Crippen molar-refractivity contribution >= 4 is 23.2 Å². The van der Waals surface area contributed by atoms with Crippen LogP contribution in [0, 0.1) is 0 Å². The van der Waals surface area contributed by atoms with Crippen LogP contribution in [-0.4, -0.2) is 68.9 Å². The summed E-state index contributed by atoms with van der Waals surface area (Å²) in [7, 11) is 1.62. The number of likely N-dealkylation sites (tertiary alicyclic amines) is 1. The number of rotatable bonds is 5. The zero-order chi connectivity index (χ0) is 25.8. The lowest BCUT2D eigenvalue weighted by Crippen LogP contribution is -2.28. The Labute approximate surface area is 199 Å². The largest absolute Gasteiger partial charge is 0.497 e. The van der Waals surface area contributed by atoms with Crippen molar-refractivity contribution in [2.75, 3.05) is 25.5 Å². The Kier molecular flexibility index (Phi) is 7.95. The molecule has 3 heterocycles. The molecule has 0 radical (unpaired) electrons. The Bertz CT molecular complexity index is 1180. The molecule has 1 saturated heterocycles. The second-order valence-electron chi connectivity index (χ2n) is 8.26. The zero-order valence-corrected chi connectivity index (χ0v) is 19.4. The predicted molar refractivity (Wildman–Crippen MR) is 122 cm³/mol. The maximum atomic E-state index is 12.7. The van der Waals surface area contributed by atoms with Crippen LogP contribution in [0.3, 0.4) is 0 Å². The topological polar surface area (TPSA) is 109 Å². The maximum absolute atomic E-state index is 12.7. The highest BCUT2D eigenvalue weighted by Gasteiger charge is 2.38. The molecule has 4 rings (SSSR count). The summed E-state index contributed by atoms with van der Waals surface area (Å²) in [6.45, 7) is 6.47. The van der Waals surface area contributed by atoms with Gasteiger partial charge in [0.15, 0.2) is 5.65 Å². The third kappa shape index (κ3) is 6.47. The lowest BCUT2D eigenvalue weighted by molar-refractivity contribution is -0.192. The number of fused-ring (bicyclic) bond motifs is 1. The summed E-state index contributed by atoms with van der Waals surface area (Å²) in [5.41, 5.74) is 2.06. The van der Waals surface area contributed by atoms with E-state index in [9.17, 15) is 18.0 Å². The molecule has 12 heteroatoms.